The van der Waals surface area contributed by atoms with Gasteiger partial charge in [0.2, 0.25) is 0 Å². The van der Waals surface area contributed by atoms with Crippen molar-refractivity contribution in [3.63, 3.8) is 0 Å². The zero-order chi connectivity index (χ0) is 6.99. The maximum absolute atomic E-state index is 8.56. The molecule has 8 heavy (non-hydrogen) atoms. The third-order valence-corrected chi connectivity index (χ3v) is 0.289. The van der Waals surface area contributed by atoms with E-state index in [-0.39, 0.29) is 0 Å². The minimum absolute atomic E-state index is 0.819. The van der Waals surface area contributed by atoms with E-state index >= 15 is 0 Å². The Balaban J connectivity index is 0. The van der Waals surface area contributed by atoms with Gasteiger partial charge in [-0.15, -0.1) is 0 Å². The highest BCUT2D eigenvalue weighted by Gasteiger charge is 1.51. The summed E-state index contributed by atoms with van der Waals surface area (Å²) in [4.78, 5) is 0. The predicted molar refractivity (Wildman–Crippen MR) is 29.1 cm³/mol. The number of rotatable bonds is 1. The van der Waals surface area contributed by atoms with Crippen molar-refractivity contribution in [2.45, 2.75) is 6.92 Å². The molecule has 0 aromatic rings. The fraction of sp³-hybridized carbons (Fsp3) is 1.00. The van der Waals surface area contributed by atoms with E-state index in [0.717, 1.165) is 6.61 Å². The quantitative estimate of drug-likeness (QED) is 0.521. The van der Waals surface area contributed by atoms with Gasteiger partial charge in [-0.25, -0.2) is 4.21 Å². The van der Waals surface area contributed by atoms with Gasteiger partial charge in [-0.05, 0) is 6.92 Å². The Bertz CT molecular complexity index is 49.2. The first-order valence-corrected chi connectivity index (χ1v) is 2.95. The second-order valence-corrected chi connectivity index (χ2v) is 1.23. The van der Waals surface area contributed by atoms with Gasteiger partial charge in [0, 0.05) is 13.7 Å². The normalized spacial score (nSPS) is 11.5. The maximum atomic E-state index is 8.56. The van der Waals surface area contributed by atoms with Crippen LogP contribution in [-0.4, -0.2) is 27.0 Å². The summed E-state index contributed by atoms with van der Waals surface area (Å²) in [6, 6.07) is 0. The first kappa shape index (κ1) is 10.9. The van der Waals surface area contributed by atoms with Crippen LogP contribution in [0.1, 0.15) is 6.92 Å². The minimum atomic E-state index is -2.86. The van der Waals surface area contributed by atoms with Crippen molar-refractivity contribution >= 4 is 11.4 Å². The van der Waals surface area contributed by atoms with Gasteiger partial charge in [-0.3, -0.25) is 0 Å². The van der Waals surface area contributed by atoms with Gasteiger partial charge < -0.3 is 13.8 Å². The van der Waals surface area contributed by atoms with E-state index in [1.165, 1.54) is 0 Å². The molecule has 0 bridgehead atoms. The van der Waals surface area contributed by atoms with Crippen LogP contribution in [0.25, 0.3) is 0 Å². The fourth-order valence-corrected chi connectivity index (χ4v) is 0. The molecule has 1 N–H and O–H groups in total. The smallest absolute Gasteiger partial charge is 0.0814 e. The lowest BCUT2D eigenvalue weighted by Crippen LogP contribution is -1.75. The van der Waals surface area contributed by atoms with Crippen molar-refractivity contribution in [1.29, 1.82) is 0 Å². The zero-order valence-electron chi connectivity index (χ0n) is 4.79. The van der Waals surface area contributed by atoms with Crippen LogP contribution in [0.3, 0.4) is 0 Å². The summed E-state index contributed by atoms with van der Waals surface area (Å²) in [5.74, 6) is 0. The molecular formula is C3H9O4S-. The summed E-state index contributed by atoms with van der Waals surface area (Å²) in [7, 11) is 1.68. The topological polar surface area (TPSA) is 69.6 Å². The van der Waals surface area contributed by atoms with Crippen molar-refractivity contribution in [2.24, 2.45) is 0 Å². The Morgan fingerprint density at radius 1 is 1.88 bits per heavy atom. The molecule has 0 aliphatic carbocycles. The molecule has 0 saturated carbocycles. The van der Waals surface area contributed by atoms with Crippen molar-refractivity contribution in [2.75, 3.05) is 13.7 Å². The summed E-state index contributed by atoms with van der Waals surface area (Å²) < 4.78 is 28.6. The second kappa shape index (κ2) is 10.1. The molecule has 4 nitrogen and oxygen atoms in total. The highest BCUT2D eigenvalue weighted by atomic mass is 32.2. The Morgan fingerprint density at radius 2 is 2.00 bits per heavy atom. The van der Waals surface area contributed by atoms with Gasteiger partial charge in [0.1, 0.15) is 0 Å². The van der Waals surface area contributed by atoms with Crippen LogP contribution in [0.4, 0.5) is 0 Å². The zero-order valence-corrected chi connectivity index (χ0v) is 5.60. The van der Waals surface area contributed by atoms with Crippen LogP contribution in [0.5, 0.6) is 0 Å². The van der Waals surface area contributed by atoms with E-state index in [1.54, 1.807) is 7.11 Å². The fourth-order valence-electron chi connectivity index (χ4n) is 0. The van der Waals surface area contributed by atoms with E-state index < -0.39 is 11.4 Å². The Hall–Kier alpha value is 0.0300. The van der Waals surface area contributed by atoms with Crippen LogP contribution >= 0.6 is 0 Å². The second-order valence-electron chi connectivity index (χ2n) is 0.794. The number of ether oxygens (including phenoxy) is 1. The van der Waals surface area contributed by atoms with Gasteiger partial charge in [-0.1, -0.05) is 0 Å². The number of methoxy groups -OCH3 is 1. The lowest BCUT2D eigenvalue weighted by atomic mass is 10.9. The molecule has 0 aliphatic heterocycles. The molecule has 0 rings (SSSR count). The third-order valence-electron chi connectivity index (χ3n) is 0.289. The monoisotopic (exact) mass is 141 g/mol. The highest BCUT2D eigenvalue weighted by Crippen LogP contribution is 1.52. The summed E-state index contributed by atoms with van der Waals surface area (Å²) in [6.45, 7) is 2.78. The highest BCUT2D eigenvalue weighted by molar-refractivity contribution is 7.73. The molecule has 0 radical (unpaired) electrons. The van der Waals surface area contributed by atoms with Crippen molar-refractivity contribution in [3.05, 3.63) is 0 Å². The van der Waals surface area contributed by atoms with E-state index in [9.17, 15) is 0 Å². The maximum Gasteiger partial charge on any atom is 0.0814 e. The molecule has 0 saturated heterocycles. The summed E-state index contributed by atoms with van der Waals surface area (Å²) in [5.41, 5.74) is 0. The molecule has 0 aromatic heterocycles. The lowest BCUT2D eigenvalue weighted by Gasteiger charge is -1.83. The van der Waals surface area contributed by atoms with Crippen molar-refractivity contribution < 1.29 is 18.1 Å². The Labute approximate surface area is 51.0 Å². The van der Waals surface area contributed by atoms with Crippen LogP contribution in [0, 0.1) is 0 Å². The lowest BCUT2D eigenvalue weighted by molar-refractivity contribution is 0.215. The van der Waals surface area contributed by atoms with Crippen LogP contribution in [0.15, 0.2) is 0 Å². The first-order chi connectivity index (χ1) is 3.65. The standard InChI is InChI=1S/C3H8O.H2O3S/c1-3-4-2;1-4(2)3/h3H2,1-2H3;(H2,1,2,3)/p-1. The Morgan fingerprint density at radius 3 is 2.00 bits per heavy atom. The SMILES string of the molecule is CCOC.O=S([O-])O. The van der Waals surface area contributed by atoms with Gasteiger partial charge in [0.25, 0.3) is 0 Å². The molecule has 0 spiro atoms. The van der Waals surface area contributed by atoms with E-state index in [1.807, 2.05) is 6.92 Å². The molecule has 0 amide bonds. The first-order valence-electron chi connectivity index (χ1n) is 1.92. The van der Waals surface area contributed by atoms with Gasteiger partial charge in [0.05, 0.1) is 11.4 Å². The number of hydrogen-bond donors (Lipinski definition) is 1. The van der Waals surface area contributed by atoms with Gasteiger partial charge >= 0.3 is 0 Å². The average molecular weight is 141 g/mol. The molecule has 1 unspecified atom stereocenters. The van der Waals surface area contributed by atoms with E-state index in [4.69, 9.17) is 13.3 Å². The third kappa shape index (κ3) is 144. The molecule has 1 atom stereocenters. The number of hydrogen-bond acceptors (Lipinski definition) is 3. The van der Waals surface area contributed by atoms with Crippen LogP contribution in [0.2, 0.25) is 0 Å². The molecular weight excluding hydrogens is 132 g/mol. The summed E-state index contributed by atoms with van der Waals surface area (Å²) in [5, 5.41) is 0. The van der Waals surface area contributed by atoms with E-state index in [0.29, 0.717) is 0 Å². The molecule has 0 heterocycles. The molecule has 0 aromatic carbocycles. The molecule has 52 valence electrons. The minimum Gasteiger partial charge on any atom is -0.750 e. The largest absolute Gasteiger partial charge is 0.750 e. The average Bonchev–Trinajstić information content (AvgIpc) is 1.65. The van der Waals surface area contributed by atoms with Crippen molar-refractivity contribution in [3.8, 4) is 0 Å². The summed E-state index contributed by atoms with van der Waals surface area (Å²) in [6.07, 6.45) is 0. The van der Waals surface area contributed by atoms with Crippen molar-refractivity contribution in [1.82, 2.24) is 0 Å². The van der Waals surface area contributed by atoms with E-state index in [2.05, 4.69) is 4.74 Å². The molecule has 0 aliphatic rings. The Kier molecular flexibility index (Phi) is 13.8. The predicted octanol–water partition coefficient (Wildman–Crippen LogP) is -0.00880. The van der Waals surface area contributed by atoms with Crippen LogP contribution < -0.4 is 0 Å². The molecule has 5 heteroatoms. The van der Waals surface area contributed by atoms with Crippen LogP contribution in [-0.2, 0) is 16.1 Å². The van der Waals surface area contributed by atoms with Gasteiger partial charge in [-0.2, -0.15) is 0 Å². The summed E-state index contributed by atoms with van der Waals surface area (Å²) >= 11 is -2.86. The van der Waals surface area contributed by atoms with Gasteiger partial charge in [0.15, 0.2) is 0 Å². The molecule has 0 fully saturated rings.